The van der Waals surface area contributed by atoms with E-state index >= 15 is 0 Å². The first kappa shape index (κ1) is 11.6. The summed E-state index contributed by atoms with van der Waals surface area (Å²) in [5.41, 5.74) is 1.25. The van der Waals surface area contributed by atoms with Gasteiger partial charge in [-0.05, 0) is 42.3 Å². The number of halogens is 1. The number of rotatable bonds is 3. The Balaban J connectivity index is 2.16. The molecule has 0 aromatic heterocycles. The molecule has 2 aromatic rings. The van der Waals surface area contributed by atoms with Crippen LogP contribution in [0, 0.1) is 6.07 Å². The van der Waals surface area contributed by atoms with E-state index in [9.17, 15) is 0 Å². The van der Waals surface area contributed by atoms with Crippen LogP contribution in [-0.4, -0.2) is 0 Å². The predicted molar refractivity (Wildman–Crippen MR) is 70.2 cm³/mol. The Morgan fingerprint density at radius 2 is 1.88 bits per heavy atom. The summed E-state index contributed by atoms with van der Waals surface area (Å²) < 4.78 is 0. The zero-order chi connectivity index (χ0) is 11.4. The minimum absolute atomic E-state index is 0.774. The van der Waals surface area contributed by atoms with E-state index in [0.717, 1.165) is 16.3 Å². The lowest BCUT2D eigenvalue weighted by molar-refractivity contribution is 1.12. The molecule has 2 rings (SSSR count). The van der Waals surface area contributed by atoms with Gasteiger partial charge in [0.05, 0.1) is 0 Å². The van der Waals surface area contributed by atoms with Gasteiger partial charge in [0.2, 0.25) is 0 Å². The number of benzene rings is 2. The summed E-state index contributed by atoms with van der Waals surface area (Å²) in [4.78, 5) is 2.34. The minimum Gasteiger partial charge on any atom is -0.0894 e. The Morgan fingerprint density at radius 1 is 1.12 bits per heavy atom. The number of aryl methyl sites for hydroxylation is 1. The summed E-state index contributed by atoms with van der Waals surface area (Å²) in [5.74, 6) is 0. The molecule has 0 aliphatic heterocycles. The van der Waals surface area contributed by atoms with Crippen molar-refractivity contribution in [3.8, 4) is 0 Å². The molecule has 0 N–H and O–H groups in total. The van der Waals surface area contributed by atoms with Gasteiger partial charge in [0.15, 0.2) is 0 Å². The Bertz CT molecular complexity index is 462. The second-order valence-corrected chi connectivity index (χ2v) is 5.00. The third-order valence-corrected chi connectivity index (χ3v) is 3.47. The highest BCUT2D eigenvalue weighted by atomic mass is 35.5. The van der Waals surface area contributed by atoms with Crippen molar-refractivity contribution >= 4 is 23.4 Å². The highest BCUT2D eigenvalue weighted by molar-refractivity contribution is 7.99. The monoisotopic (exact) mass is 247 g/mol. The maximum absolute atomic E-state index is 5.85. The fourth-order valence-corrected chi connectivity index (χ4v) is 2.37. The van der Waals surface area contributed by atoms with Crippen LogP contribution in [0.1, 0.15) is 12.5 Å². The molecule has 16 heavy (non-hydrogen) atoms. The van der Waals surface area contributed by atoms with Crippen molar-refractivity contribution in [1.82, 2.24) is 0 Å². The van der Waals surface area contributed by atoms with Crippen LogP contribution in [0.25, 0.3) is 0 Å². The Hall–Kier alpha value is -0.920. The van der Waals surface area contributed by atoms with E-state index in [0.29, 0.717) is 0 Å². The molecule has 0 fully saturated rings. The number of hydrogen-bond acceptors (Lipinski definition) is 1. The molecule has 2 heteroatoms. The van der Waals surface area contributed by atoms with E-state index in [1.807, 2.05) is 24.3 Å². The molecule has 0 unspecified atom stereocenters. The molecule has 0 aliphatic carbocycles. The summed E-state index contributed by atoms with van der Waals surface area (Å²) in [6, 6.07) is 17.5. The molecule has 0 amide bonds. The van der Waals surface area contributed by atoms with Crippen LogP contribution in [0.4, 0.5) is 0 Å². The normalized spacial score (nSPS) is 10.4. The van der Waals surface area contributed by atoms with Crippen molar-refractivity contribution in [2.45, 2.75) is 23.1 Å². The van der Waals surface area contributed by atoms with Gasteiger partial charge in [-0.15, -0.1) is 0 Å². The van der Waals surface area contributed by atoms with Crippen LogP contribution in [0.3, 0.4) is 0 Å². The highest BCUT2D eigenvalue weighted by Gasteiger charge is 1.98. The molecule has 2 aromatic carbocycles. The zero-order valence-electron chi connectivity index (χ0n) is 9.03. The summed E-state index contributed by atoms with van der Waals surface area (Å²) in [7, 11) is 0. The molecular weight excluding hydrogens is 236 g/mol. The molecule has 81 valence electrons. The van der Waals surface area contributed by atoms with E-state index in [-0.39, 0.29) is 0 Å². The second kappa shape index (κ2) is 5.42. The van der Waals surface area contributed by atoms with E-state index < -0.39 is 0 Å². The lowest BCUT2D eigenvalue weighted by atomic mass is 10.2. The predicted octanol–water partition coefficient (Wildman–Crippen LogP) is 4.85. The van der Waals surface area contributed by atoms with Crippen molar-refractivity contribution in [1.29, 1.82) is 0 Å². The standard InChI is InChI=1S/C14H12ClS/c1-2-11-4-3-5-14(10-11)16-13-8-6-12(15)7-9-13/h3-9H,2H2,1H3. The van der Waals surface area contributed by atoms with E-state index in [4.69, 9.17) is 11.6 Å². The van der Waals surface area contributed by atoms with Gasteiger partial charge in [0.1, 0.15) is 0 Å². The Morgan fingerprint density at radius 3 is 2.56 bits per heavy atom. The molecule has 0 heterocycles. The van der Waals surface area contributed by atoms with Gasteiger partial charge in [-0.1, -0.05) is 42.4 Å². The summed E-state index contributed by atoms with van der Waals surface area (Å²) in [6.07, 6.45) is 1.02. The Kier molecular flexibility index (Phi) is 3.92. The van der Waals surface area contributed by atoms with Crippen molar-refractivity contribution in [2.24, 2.45) is 0 Å². The third kappa shape index (κ3) is 3.03. The van der Waals surface area contributed by atoms with Crippen molar-refractivity contribution in [3.05, 3.63) is 59.1 Å². The molecule has 0 aliphatic rings. The topological polar surface area (TPSA) is 0 Å². The van der Waals surface area contributed by atoms with Crippen molar-refractivity contribution < 1.29 is 0 Å². The summed E-state index contributed by atoms with van der Waals surface area (Å²) in [6.45, 7) is 2.14. The maximum Gasteiger partial charge on any atom is 0.0406 e. The largest absolute Gasteiger partial charge is 0.0894 e. The van der Waals surface area contributed by atoms with Crippen LogP contribution in [0.5, 0.6) is 0 Å². The van der Waals surface area contributed by atoms with Crippen LogP contribution in [0.15, 0.2) is 52.3 Å². The average molecular weight is 248 g/mol. The number of hydrogen-bond donors (Lipinski definition) is 0. The fraction of sp³-hybridized carbons (Fsp3) is 0.143. The second-order valence-electron chi connectivity index (χ2n) is 3.45. The molecular formula is C14H12ClS. The van der Waals surface area contributed by atoms with Gasteiger partial charge in [0.25, 0.3) is 0 Å². The first-order valence-corrected chi connectivity index (χ1v) is 6.42. The van der Waals surface area contributed by atoms with Gasteiger partial charge in [0, 0.05) is 20.9 Å². The average Bonchev–Trinajstić information content (AvgIpc) is 2.32. The van der Waals surface area contributed by atoms with Crippen LogP contribution >= 0.6 is 23.4 Å². The van der Waals surface area contributed by atoms with E-state index in [1.165, 1.54) is 10.5 Å². The van der Waals surface area contributed by atoms with Crippen LogP contribution < -0.4 is 0 Å². The zero-order valence-corrected chi connectivity index (χ0v) is 10.6. The summed E-state index contributed by atoms with van der Waals surface area (Å²) >= 11 is 7.56. The minimum atomic E-state index is 0.774. The van der Waals surface area contributed by atoms with Crippen LogP contribution in [-0.2, 0) is 6.42 Å². The van der Waals surface area contributed by atoms with Gasteiger partial charge in [-0.3, -0.25) is 0 Å². The molecule has 0 saturated heterocycles. The summed E-state index contributed by atoms with van der Waals surface area (Å²) in [5, 5.41) is 0.774. The highest BCUT2D eigenvalue weighted by Crippen LogP contribution is 2.28. The molecule has 0 saturated carbocycles. The molecule has 0 bridgehead atoms. The first-order chi connectivity index (χ1) is 7.78. The maximum atomic E-state index is 5.85. The van der Waals surface area contributed by atoms with E-state index in [2.05, 4.69) is 31.2 Å². The van der Waals surface area contributed by atoms with Crippen LogP contribution in [0.2, 0.25) is 5.02 Å². The first-order valence-electron chi connectivity index (χ1n) is 5.22. The van der Waals surface area contributed by atoms with Gasteiger partial charge in [-0.25, -0.2) is 0 Å². The fourth-order valence-electron chi connectivity index (χ4n) is 1.39. The molecule has 1 radical (unpaired) electrons. The molecule has 0 nitrogen and oxygen atoms in total. The van der Waals surface area contributed by atoms with Gasteiger partial charge in [-0.2, -0.15) is 0 Å². The Labute approximate surface area is 106 Å². The SMILES string of the molecule is CCc1[c]c(Sc2ccc(Cl)cc2)ccc1. The van der Waals surface area contributed by atoms with Gasteiger partial charge < -0.3 is 0 Å². The molecule has 0 atom stereocenters. The quantitative estimate of drug-likeness (QED) is 0.747. The third-order valence-electron chi connectivity index (χ3n) is 2.25. The lowest BCUT2D eigenvalue weighted by Gasteiger charge is -2.03. The van der Waals surface area contributed by atoms with E-state index in [1.54, 1.807) is 11.8 Å². The lowest BCUT2D eigenvalue weighted by Crippen LogP contribution is -1.81. The van der Waals surface area contributed by atoms with Crippen molar-refractivity contribution in [3.63, 3.8) is 0 Å². The molecule has 0 spiro atoms. The van der Waals surface area contributed by atoms with Gasteiger partial charge >= 0.3 is 0 Å². The smallest absolute Gasteiger partial charge is 0.0406 e. The van der Waals surface area contributed by atoms with Crippen molar-refractivity contribution in [2.75, 3.05) is 0 Å².